The van der Waals surface area contributed by atoms with Crippen LogP contribution in [0.25, 0.3) is 0 Å². The van der Waals surface area contributed by atoms with Gasteiger partial charge in [0.1, 0.15) is 29.3 Å². The molecule has 2 heterocycles. The van der Waals surface area contributed by atoms with E-state index in [1.807, 2.05) is 6.07 Å². The molecule has 0 radical (unpaired) electrons. The maximum absolute atomic E-state index is 13.0. The maximum Gasteiger partial charge on any atom is 0.363 e. The van der Waals surface area contributed by atoms with Crippen molar-refractivity contribution in [3.05, 3.63) is 53.0 Å². The molecule has 1 fully saturated rings. The highest BCUT2D eigenvalue weighted by Gasteiger charge is 2.48. The molecule has 2 aliphatic heterocycles. The molecule has 0 saturated carbocycles. The van der Waals surface area contributed by atoms with E-state index < -0.39 is 33.5 Å². The van der Waals surface area contributed by atoms with Gasteiger partial charge in [-0.25, -0.2) is 22.4 Å². The number of rotatable bonds is 3. The molecule has 1 saturated heterocycles. The van der Waals surface area contributed by atoms with Gasteiger partial charge in [0.25, 0.3) is 0 Å². The van der Waals surface area contributed by atoms with Crippen LogP contribution in [0.5, 0.6) is 0 Å². The number of amides is 2. The van der Waals surface area contributed by atoms with E-state index in [0.717, 1.165) is 0 Å². The monoisotopic (exact) mass is 390 g/mol. The summed E-state index contributed by atoms with van der Waals surface area (Å²) in [5.41, 5.74) is 0.701. The molecule has 1 unspecified atom stereocenters. The fraction of sp³-hybridized carbons (Fsp3) is 0.278. The molecule has 1 aromatic rings. The number of sulfone groups is 1. The molecule has 2 aliphatic rings. The van der Waals surface area contributed by atoms with Crippen molar-refractivity contribution in [1.29, 1.82) is 5.26 Å². The van der Waals surface area contributed by atoms with Gasteiger partial charge in [-0.3, -0.25) is 0 Å². The molecule has 27 heavy (non-hydrogen) atoms. The van der Waals surface area contributed by atoms with Crippen LogP contribution in [0.3, 0.4) is 0 Å². The second-order valence-electron chi connectivity index (χ2n) is 6.49. The third kappa shape index (κ3) is 3.67. The Morgan fingerprint density at radius 2 is 1.93 bits per heavy atom. The molecule has 2 N–H and O–H groups in total. The highest BCUT2D eigenvalue weighted by Crippen LogP contribution is 2.20. The molecule has 9 heteroatoms. The lowest BCUT2D eigenvalue weighted by Crippen LogP contribution is -3.21. The Morgan fingerprint density at radius 3 is 2.48 bits per heavy atom. The van der Waals surface area contributed by atoms with E-state index in [-0.39, 0.29) is 39.5 Å². The van der Waals surface area contributed by atoms with Gasteiger partial charge in [0, 0.05) is 18.3 Å². The van der Waals surface area contributed by atoms with E-state index in [1.54, 1.807) is 0 Å². The second-order valence-corrected chi connectivity index (χ2v) is 8.72. The van der Waals surface area contributed by atoms with E-state index in [0.29, 0.717) is 5.69 Å². The molecular weight excluding hydrogens is 373 g/mol. The first-order valence-electron chi connectivity index (χ1n) is 8.24. The average Bonchev–Trinajstić information content (AvgIpc) is 2.96. The molecule has 2 amide bonds. The third-order valence-corrected chi connectivity index (χ3v) is 6.49. The lowest BCUT2D eigenvalue weighted by molar-refractivity contribution is -0.761. The highest BCUT2D eigenvalue weighted by molar-refractivity contribution is 7.91. The van der Waals surface area contributed by atoms with Gasteiger partial charge in [-0.15, -0.1) is 0 Å². The molecule has 1 aromatic carbocycles. The lowest BCUT2D eigenvalue weighted by Gasteiger charge is -2.25. The smallest absolute Gasteiger partial charge is 0.361 e. The number of nitriles is 1. The number of halogens is 1. The maximum atomic E-state index is 13.0. The number of hydrogen-bond acceptors (Lipinski definition) is 6. The van der Waals surface area contributed by atoms with Crippen LogP contribution >= 0.6 is 0 Å². The van der Waals surface area contributed by atoms with Crippen molar-refractivity contribution < 1.29 is 27.3 Å². The van der Waals surface area contributed by atoms with Gasteiger partial charge in [0.2, 0.25) is 0 Å². The predicted octanol–water partition coefficient (Wildman–Crippen LogP) is 0.100. The quantitative estimate of drug-likeness (QED) is 0.560. The third-order valence-electron chi connectivity index (χ3n) is 4.72. The fourth-order valence-corrected chi connectivity index (χ4v) is 5.02. The van der Waals surface area contributed by atoms with Gasteiger partial charge >= 0.3 is 11.8 Å². The van der Waals surface area contributed by atoms with Crippen molar-refractivity contribution >= 4 is 27.3 Å². The largest absolute Gasteiger partial charge is 0.363 e. The Hall–Kier alpha value is -2.83. The Kier molecular flexibility index (Phi) is 4.95. The topological polar surface area (TPSA) is 109 Å². The van der Waals surface area contributed by atoms with Crippen molar-refractivity contribution in [2.75, 3.05) is 16.8 Å². The van der Waals surface area contributed by atoms with E-state index in [1.165, 1.54) is 37.4 Å². The van der Waals surface area contributed by atoms with Crippen LogP contribution in [0.15, 0.2) is 47.2 Å². The summed E-state index contributed by atoms with van der Waals surface area (Å²) in [6, 6.07) is 6.56. The van der Waals surface area contributed by atoms with Crippen LogP contribution in [0.2, 0.25) is 0 Å². The first-order valence-corrected chi connectivity index (χ1v) is 10.1. The molecule has 140 valence electrons. The lowest BCUT2D eigenvalue weighted by atomic mass is 9.94. The summed E-state index contributed by atoms with van der Waals surface area (Å²) in [5.74, 6) is -2.03. The number of nitrogens with one attached hydrogen (secondary N) is 2. The van der Waals surface area contributed by atoms with Crippen LogP contribution in [-0.2, 0) is 19.4 Å². The van der Waals surface area contributed by atoms with Crippen molar-refractivity contribution in [3.63, 3.8) is 0 Å². The zero-order valence-corrected chi connectivity index (χ0v) is 15.3. The summed E-state index contributed by atoms with van der Waals surface area (Å²) >= 11 is 0. The minimum absolute atomic E-state index is 0.0841. The average molecular weight is 390 g/mol. The van der Waals surface area contributed by atoms with E-state index >= 15 is 0 Å². The number of nitrogens with zero attached hydrogens (tertiary/aromatic N) is 1. The first kappa shape index (κ1) is 18.9. The number of benzene rings is 1. The number of quaternary nitrogens is 1. The van der Waals surface area contributed by atoms with Gasteiger partial charge in [0.05, 0.1) is 5.75 Å². The second kappa shape index (κ2) is 7.06. The van der Waals surface area contributed by atoms with E-state index in [2.05, 4.69) is 5.32 Å². The summed E-state index contributed by atoms with van der Waals surface area (Å²) in [6.07, 6.45) is 1.55. The Labute approximate surface area is 155 Å². The number of hydrogen-bond donors (Lipinski definition) is 2. The Bertz CT molecular complexity index is 1020. The summed E-state index contributed by atoms with van der Waals surface area (Å²) in [5, 5.41) is 12.2. The Morgan fingerprint density at radius 1 is 1.26 bits per heavy atom. The summed E-state index contributed by atoms with van der Waals surface area (Å²) in [6.45, 7) is 1.49. The molecule has 0 aromatic heterocycles. The molecule has 0 bridgehead atoms. The fourth-order valence-electron chi connectivity index (χ4n) is 3.26. The van der Waals surface area contributed by atoms with Crippen LogP contribution in [-0.4, -0.2) is 37.8 Å². The number of carbonyl (C=O) groups is 2. The van der Waals surface area contributed by atoms with Crippen LogP contribution in [0.4, 0.5) is 10.1 Å². The van der Waals surface area contributed by atoms with Gasteiger partial charge < -0.3 is 5.32 Å². The molecular formula is C18H17FN3O4S+. The number of carbonyl (C=O) groups excluding carboxylic acids is 2. The zero-order valence-electron chi connectivity index (χ0n) is 14.5. The minimum atomic E-state index is -3.30. The van der Waals surface area contributed by atoms with Crippen LogP contribution in [0.1, 0.15) is 13.3 Å². The standard InChI is InChI=1S/C18H16FN3O4S/c1-11-15(8-20)17(23)22(14-6-7-27(25,26)10-14)18(24)16(11)9-21-13-4-2-12(19)3-5-13/h2-5,9,14,21H,6-7,10H2,1H3/p+1/b16-9+/t14-/m0/s1. The minimum Gasteiger partial charge on any atom is -0.361 e. The van der Waals surface area contributed by atoms with Gasteiger partial charge in [0.15, 0.2) is 15.4 Å². The molecule has 0 spiro atoms. The number of anilines is 1. The predicted molar refractivity (Wildman–Crippen MR) is 94.5 cm³/mol. The van der Waals surface area contributed by atoms with Gasteiger partial charge in [-0.2, -0.15) is 10.2 Å². The summed E-state index contributed by atoms with van der Waals surface area (Å²) in [4.78, 5) is 25.4. The Balaban J connectivity index is 1.97. The number of imide groups is 1. The van der Waals surface area contributed by atoms with Crippen LogP contribution < -0.4 is 10.2 Å². The molecule has 0 aliphatic carbocycles. The first-order chi connectivity index (χ1) is 12.7. The summed E-state index contributed by atoms with van der Waals surface area (Å²) in [7, 11) is -3.30. The SMILES string of the molecule is CC1=C(C#N)C(=O)[NH+]([C@H]2CCS(=O)(=O)C2)C(=O)/C1=C/Nc1ccc(F)cc1. The van der Waals surface area contributed by atoms with Gasteiger partial charge in [-0.05, 0) is 36.8 Å². The normalized spacial score (nSPS) is 26.3. The van der Waals surface area contributed by atoms with E-state index in [9.17, 15) is 27.7 Å². The highest BCUT2D eigenvalue weighted by atomic mass is 32.2. The van der Waals surface area contributed by atoms with E-state index in [4.69, 9.17) is 0 Å². The van der Waals surface area contributed by atoms with Crippen molar-refractivity contribution in [2.24, 2.45) is 0 Å². The van der Waals surface area contributed by atoms with Crippen molar-refractivity contribution in [2.45, 2.75) is 19.4 Å². The molecule has 7 nitrogen and oxygen atoms in total. The molecule has 3 rings (SSSR count). The summed E-state index contributed by atoms with van der Waals surface area (Å²) < 4.78 is 36.5. The van der Waals surface area contributed by atoms with Crippen LogP contribution in [0, 0.1) is 17.1 Å². The van der Waals surface area contributed by atoms with Crippen molar-refractivity contribution in [3.8, 4) is 6.07 Å². The molecule has 2 atom stereocenters. The van der Waals surface area contributed by atoms with Crippen molar-refractivity contribution in [1.82, 2.24) is 0 Å². The van der Waals surface area contributed by atoms with Gasteiger partial charge in [-0.1, -0.05) is 0 Å². The zero-order chi connectivity index (χ0) is 19.8.